The average Bonchev–Trinajstić information content (AvgIpc) is 2.99. The molecule has 1 unspecified atom stereocenters. The van der Waals surface area contributed by atoms with Gasteiger partial charge in [-0.05, 0) is 43.5 Å². The quantitative estimate of drug-likeness (QED) is 0.849. The van der Waals surface area contributed by atoms with Crippen molar-refractivity contribution in [1.29, 1.82) is 0 Å². The highest BCUT2D eigenvalue weighted by Crippen LogP contribution is 2.29. The lowest BCUT2D eigenvalue weighted by Gasteiger charge is -2.07. The number of rotatable bonds is 3. The third kappa shape index (κ3) is 1.91. The van der Waals surface area contributed by atoms with E-state index >= 15 is 0 Å². The number of aromatic amines is 1. The molecule has 2 N–H and O–H groups in total. The van der Waals surface area contributed by atoms with Crippen LogP contribution in [0.25, 0.3) is 10.9 Å². The van der Waals surface area contributed by atoms with Crippen LogP contribution >= 0.6 is 0 Å². The minimum atomic E-state index is 0.778. The molecule has 3 rings (SSSR count). The summed E-state index contributed by atoms with van der Waals surface area (Å²) in [7, 11) is 1.72. The van der Waals surface area contributed by atoms with Gasteiger partial charge in [0.25, 0.3) is 0 Å². The van der Waals surface area contributed by atoms with Crippen LogP contribution in [0.5, 0.6) is 5.75 Å². The normalized spacial score (nSPS) is 19.9. The monoisotopic (exact) mass is 230 g/mol. The summed E-state index contributed by atoms with van der Waals surface area (Å²) in [5, 5.41) is 4.72. The van der Waals surface area contributed by atoms with Crippen LogP contribution in [0.4, 0.5) is 0 Å². The van der Waals surface area contributed by atoms with Gasteiger partial charge in [0.2, 0.25) is 0 Å². The second-order valence-electron chi connectivity index (χ2n) is 4.76. The molecule has 0 aliphatic carbocycles. The van der Waals surface area contributed by atoms with Gasteiger partial charge in [0.15, 0.2) is 0 Å². The number of hydrogen-bond acceptors (Lipinski definition) is 2. The van der Waals surface area contributed by atoms with E-state index < -0.39 is 0 Å². The number of benzene rings is 1. The molecule has 1 saturated heterocycles. The molecule has 1 aromatic heterocycles. The Labute approximate surface area is 101 Å². The summed E-state index contributed by atoms with van der Waals surface area (Å²) in [5.74, 6) is 1.71. The van der Waals surface area contributed by atoms with Crippen LogP contribution < -0.4 is 10.1 Å². The van der Waals surface area contributed by atoms with E-state index in [0.717, 1.165) is 36.7 Å². The van der Waals surface area contributed by atoms with Crippen molar-refractivity contribution in [3.63, 3.8) is 0 Å². The fourth-order valence-electron chi connectivity index (χ4n) is 2.72. The Morgan fingerprint density at radius 3 is 3.12 bits per heavy atom. The second kappa shape index (κ2) is 4.41. The highest BCUT2D eigenvalue weighted by molar-refractivity contribution is 5.88. The molecule has 2 aromatic rings. The Morgan fingerprint density at radius 2 is 2.35 bits per heavy atom. The predicted octanol–water partition coefficient (Wildman–Crippen LogP) is 2.33. The van der Waals surface area contributed by atoms with Gasteiger partial charge in [-0.1, -0.05) is 12.1 Å². The lowest BCUT2D eigenvalue weighted by atomic mass is 9.98. The summed E-state index contributed by atoms with van der Waals surface area (Å²) in [6.07, 6.45) is 4.57. The molecule has 1 atom stereocenters. The predicted molar refractivity (Wildman–Crippen MR) is 69.5 cm³/mol. The van der Waals surface area contributed by atoms with Gasteiger partial charge in [0.1, 0.15) is 5.75 Å². The minimum Gasteiger partial charge on any atom is -0.495 e. The molecule has 3 nitrogen and oxygen atoms in total. The largest absolute Gasteiger partial charge is 0.495 e. The summed E-state index contributed by atoms with van der Waals surface area (Å²) in [6.45, 7) is 2.31. The van der Waals surface area contributed by atoms with E-state index in [4.69, 9.17) is 4.74 Å². The molecule has 17 heavy (non-hydrogen) atoms. The van der Waals surface area contributed by atoms with Gasteiger partial charge < -0.3 is 15.0 Å². The molecule has 1 aliphatic heterocycles. The van der Waals surface area contributed by atoms with E-state index in [1.54, 1.807) is 7.11 Å². The molecule has 0 spiro atoms. The number of methoxy groups -OCH3 is 1. The number of aromatic nitrogens is 1. The summed E-state index contributed by atoms with van der Waals surface area (Å²) in [5.41, 5.74) is 2.53. The van der Waals surface area contributed by atoms with Crippen molar-refractivity contribution < 1.29 is 4.74 Å². The maximum Gasteiger partial charge on any atom is 0.142 e. The van der Waals surface area contributed by atoms with Crippen LogP contribution in [0.15, 0.2) is 24.4 Å². The molecule has 90 valence electrons. The maximum atomic E-state index is 5.37. The first-order valence-electron chi connectivity index (χ1n) is 6.22. The molecule has 0 saturated carbocycles. The van der Waals surface area contributed by atoms with Crippen LogP contribution in [0, 0.1) is 5.92 Å². The third-order valence-corrected chi connectivity index (χ3v) is 3.65. The van der Waals surface area contributed by atoms with Crippen LogP contribution in [0.1, 0.15) is 12.0 Å². The topological polar surface area (TPSA) is 37.0 Å². The zero-order chi connectivity index (χ0) is 11.7. The molecule has 2 heterocycles. The first-order valence-corrected chi connectivity index (χ1v) is 6.22. The zero-order valence-corrected chi connectivity index (χ0v) is 10.1. The van der Waals surface area contributed by atoms with Crippen LogP contribution in [0.2, 0.25) is 0 Å². The first-order chi connectivity index (χ1) is 8.38. The Morgan fingerprint density at radius 1 is 1.41 bits per heavy atom. The molecule has 1 aliphatic rings. The average molecular weight is 230 g/mol. The number of fused-ring (bicyclic) bond motifs is 1. The molecule has 1 aromatic carbocycles. The zero-order valence-electron chi connectivity index (χ0n) is 10.1. The van der Waals surface area contributed by atoms with Crippen molar-refractivity contribution in [1.82, 2.24) is 10.3 Å². The lowest BCUT2D eigenvalue weighted by Crippen LogP contribution is -2.10. The number of H-pyrrole nitrogens is 1. The van der Waals surface area contributed by atoms with E-state index in [2.05, 4.69) is 28.6 Å². The van der Waals surface area contributed by atoms with Gasteiger partial charge in [-0.25, -0.2) is 0 Å². The highest BCUT2D eigenvalue weighted by atomic mass is 16.5. The van der Waals surface area contributed by atoms with Crippen LogP contribution in [-0.2, 0) is 6.42 Å². The molecular formula is C14H18N2O. The van der Waals surface area contributed by atoms with E-state index in [-0.39, 0.29) is 0 Å². The Bertz CT molecular complexity index is 512. The summed E-state index contributed by atoms with van der Waals surface area (Å²) in [4.78, 5) is 3.34. The molecular weight excluding hydrogens is 212 g/mol. The van der Waals surface area contributed by atoms with Crippen molar-refractivity contribution in [3.8, 4) is 5.75 Å². The molecule has 3 heteroatoms. The van der Waals surface area contributed by atoms with E-state index in [1.807, 2.05) is 6.07 Å². The summed E-state index contributed by atoms with van der Waals surface area (Å²) < 4.78 is 5.37. The van der Waals surface area contributed by atoms with E-state index in [0.29, 0.717) is 0 Å². The van der Waals surface area contributed by atoms with Gasteiger partial charge >= 0.3 is 0 Å². The van der Waals surface area contributed by atoms with Gasteiger partial charge in [-0.3, -0.25) is 0 Å². The fraction of sp³-hybridized carbons (Fsp3) is 0.429. The van der Waals surface area contributed by atoms with Crippen molar-refractivity contribution in [2.45, 2.75) is 12.8 Å². The fourth-order valence-corrected chi connectivity index (χ4v) is 2.72. The van der Waals surface area contributed by atoms with Crippen molar-refractivity contribution in [3.05, 3.63) is 30.0 Å². The number of nitrogens with one attached hydrogen (secondary N) is 2. The SMILES string of the molecule is COc1cccc2c(CC3CCNC3)c[nH]c12. The smallest absolute Gasteiger partial charge is 0.142 e. The van der Waals surface area contributed by atoms with Gasteiger partial charge in [-0.15, -0.1) is 0 Å². The van der Waals surface area contributed by atoms with Crippen LogP contribution in [-0.4, -0.2) is 25.2 Å². The number of hydrogen-bond donors (Lipinski definition) is 2. The second-order valence-corrected chi connectivity index (χ2v) is 4.76. The van der Waals surface area contributed by atoms with Crippen molar-refractivity contribution in [2.75, 3.05) is 20.2 Å². The first kappa shape index (κ1) is 10.7. The third-order valence-electron chi connectivity index (χ3n) is 3.65. The van der Waals surface area contributed by atoms with Gasteiger partial charge in [0, 0.05) is 11.6 Å². The molecule has 1 fully saturated rings. The van der Waals surface area contributed by atoms with E-state index in [9.17, 15) is 0 Å². The van der Waals surface area contributed by atoms with Crippen molar-refractivity contribution >= 4 is 10.9 Å². The highest BCUT2D eigenvalue weighted by Gasteiger charge is 2.17. The Hall–Kier alpha value is -1.48. The van der Waals surface area contributed by atoms with E-state index in [1.165, 1.54) is 17.4 Å². The minimum absolute atomic E-state index is 0.778. The van der Waals surface area contributed by atoms with Gasteiger partial charge in [0.05, 0.1) is 12.6 Å². The van der Waals surface area contributed by atoms with Crippen molar-refractivity contribution in [2.24, 2.45) is 5.92 Å². The standard InChI is InChI=1S/C14H18N2O/c1-17-13-4-2-3-12-11(9-16-14(12)13)7-10-5-6-15-8-10/h2-4,9-10,15-16H,5-8H2,1H3. The number of ether oxygens (including phenoxy) is 1. The van der Waals surface area contributed by atoms with Crippen LogP contribution in [0.3, 0.4) is 0 Å². The lowest BCUT2D eigenvalue weighted by molar-refractivity contribution is 0.419. The maximum absolute atomic E-state index is 5.37. The molecule has 0 bridgehead atoms. The van der Waals surface area contributed by atoms with Gasteiger partial charge in [-0.2, -0.15) is 0 Å². The molecule has 0 amide bonds. The number of para-hydroxylation sites is 1. The summed E-state index contributed by atoms with van der Waals surface area (Å²) >= 11 is 0. The summed E-state index contributed by atoms with van der Waals surface area (Å²) in [6, 6.07) is 6.23. The molecule has 0 radical (unpaired) electrons. The Balaban J connectivity index is 1.94. The Kier molecular flexibility index (Phi) is 2.77.